The first-order chi connectivity index (χ1) is 10.3. The van der Waals surface area contributed by atoms with Crippen molar-refractivity contribution in [1.29, 1.82) is 0 Å². The highest BCUT2D eigenvalue weighted by Gasteiger charge is 2.13. The zero-order valence-electron chi connectivity index (χ0n) is 10.6. The van der Waals surface area contributed by atoms with Crippen molar-refractivity contribution in [1.82, 2.24) is 35.8 Å². The minimum absolute atomic E-state index is 0.107. The highest BCUT2D eigenvalue weighted by molar-refractivity contribution is 5.98. The van der Waals surface area contributed by atoms with Crippen LogP contribution in [0.2, 0.25) is 0 Å². The lowest BCUT2D eigenvalue weighted by molar-refractivity contribution is 0.480. The first kappa shape index (κ1) is 11.5. The third kappa shape index (κ3) is 1.81. The van der Waals surface area contributed by atoms with E-state index < -0.39 is 0 Å². The van der Waals surface area contributed by atoms with Crippen LogP contribution in [0.5, 0.6) is 5.75 Å². The van der Waals surface area contributed by atoms with E-state index in [4.69, 9.17) is 0 Å². The number of nitrogens with zero attached hydrogens (tertiary/aromatic N) is 5. The van der Waals surface area contributed by atoms with E-state index in [-0.39, 0.29) is 5.75 Å². The molecule has 4 rings (SSSR count). The highest BCUT2D eigenvalue weighted by Crippen LogP contribution is 2.33. The lowest BCUT2D eigenvalue weighted by atomic mass is 10.0. The number of benzene rings is 1. The third-order valence-corrected chi connectivity index (χ3v) is 3.21. The molecule has 0 aliphatic rings. The van der Waals surface area contributed by atoms with Gasteiger partial charge in [-0.3, -0.25) is 10.2 Å². The molecule has 3 aromatic heterocycles. The summed E-state index contributed by atoms with van der Waals surface area (Å²) in [7, 11) is 0. The molecule has 0 radical (unpaired) electrons. The van der Waals surface area contributed by atoms with Crippen LogP contribution in [0.15, 0.2) is 36.7 Å². The van der Waals surface area contributed by atoms with Gasteiger partial charge in [-0.2, -0.15) is 0 Å². The molecule has 0 amide bonds. The van der Waals surface area contributed by atoms with Gasteiger partial charge in [0.25, 0.3) is 0 Å². The number of aromatic hydroxyl groups is 1. The Morgan fingerprint density at radius 1 is 0.952 bits per heavy atom. The summed E-state index contributed by atoms with van der Waals surface area (Å²) in [6.07, 6.45) is 3.19. The van der Waals surface area contributed by atoms with Gasteiger partial charge in [0.1, 0.15) is 17.0 Å². The van der Waals surface area contributed by atoms with E-state index in [1.54, 1.807) is 24.5 Å². The summed E-state index contributed by atoms with van der Waals surface area (Å²) in [5.74, 6) is 0.107. The number of hydrogen-bond donors (Lipinski definition) is 3. The summed E-state index contributed by atoms with van der Waals surface area (Å²) in [6.45, 7) is 0. The van der Waals surface area contributed by atoms with Gasteiger partial charge in [0.2, 0.25) is 0 Å². The Morgan fingerprint density at radius 2 is 1.71 bits per heavy atom. The average molecular weight is 279 g/mol. The summed E-state index contributed by atoms with van der Waals surface area (Å²) in [4.78, 5) is 4.47. The topological polar surface area (TPSA) is 116 Å². The molecule has 1 aromatic carbocycles. The van der Waals surface area contributed by atoms with Crippen molar-refractivity contribution in [2.75, 3.05) is 0 Å². The van der Waals surface area contributed by atoms with Crippen molar-refractivity contribution in [2.45, 2.75) is 0 Å². The van der Waals surface area contributed by atoms with Gasteiger partial charge in [-0.15, -0.1) is 10.2 Å². The molecule has 0 atom stereocenters. The number of pyridine rings is 1. The molecular formula is C13H9N7O. The molecule has 0 unspecified atom stereocenters. The van der Waals surface area contributed by atoms with E-state index in [9.17, 15) is 5.11 Å². The second-order valence-corrected chi connectivity index (χ2v) is 4.47. The molecule has 0 spiro atoms. The van der Waals surface area contributed by atoms with Crippen LogP contribution in [-0.4, -0.2) is 40.9 Å². The largest absolute Gasteiger partial charge is 0.506 e. The molecule has 0 fully saturated rings. The smallest absolute Gasteiger partial charge is 0.141 e. The van der Waals surface area contributed by atoms with Crippen LogP contribution in [0.25, 0.3) is 33.5 Å². The number of para-hydroxylation sites is 1. The third-order valence-electron chi connectivity index (χ3n) is 3.21. The van der Waals surface area contributed by atoms with Crippen LogP contribution < -0.4 is 0 Å². The first-order valence-electron chi connectivity index (χ1n) is 6.18. The van der Waals surface area contributed by atoms with Gasteiger partial charge >= 0.3 is 0 Å². The van der Waals surface area contributed by atoms with Crippen LogP contribution in [0.3, 0.4) is 0 Å². The average Bonchev–Trinajstić information content (AvgIpc) is 3.20. The first-order valence-corrected chi connectivity index (χ1v) is 6.18. The van der Waals surface area contributed by atoms with Crippen molar-refractivity contribution in [2.24, 2.45) is 0 Å². The van der Waals surface area contributed by atoms with E-state index >= 15 is 0 Å². The maximum Gasteiger partial charge on any atom is 0.141 e. The summed E-state index contributed by atoms with van der Waals surface area (Å²) in [6, 6.07) is 7.11. The Balaban J connectivity index is 2.09. The highest BCUT2D eigenvalue weighted by atomic mass is 16.3. The minimum Gasteiger partial charge on any atom is -0.506 e. The second kappa shape index (κ2) is 4.37. The predicted molar refractivity (Wildman–Crippen MR) is 74.2 cm³/mol. The van der Waals surface area contributed by atoms with Crippen LogP contribution in [0.1, 0.15) is 0 Å². The lowest BCUT2D eigenvalue weighted by Gasteiger charge is -2.08. The number of fused-ring (bicyclic) bond motifs is 1. The van der Waals surface area contributed by atoms with Crippen LogP contribution in [0, 0.1) is 0 Å². The number of phenolic OH excluding ortho intramolecular Hbond substituents is 1. The molecule has 0 aliphatic heterocycles. The standard InChI is InChI=1S/C13H9N7O/c21-12-3-1-2-7-8(10-5-14-19-17-10)4-9(16-13(7)12)11-6-15-20-18-11/h1-6,21H,(H,14,17,19)(H,15,18,20). The Labute approximate surface area is 117 Å². The zero-order valence-corrected chi connectivity index (χ0v) is 10.6. The van der Waals surface area contributed by atoms with E-state index in [1.165, 1.54) is 0 Å². The second-order valence-electron chi connectivity index (χ2n) is 4.47. The molecule has 0 saturated carbocycles. The molecule has 8 heteroatoms. The Hall–Kier alpha value is -3.29. The molecule has 0 saturated heterocycles. The summed E-state index contributed by atoms with van der Waals surface area (Å²) < 4.78 is 0. The SMILES string of the molecule is Oc1cccc2c(-c3cnn[nH]3)cc(-c3cnn[nH]3)nc12. The zero-order chi connectivity index (χ0) is 14.2. The molecule has 3 heterocycles. The van der Waals surface area contributed by atoms with Crippen molar-refractivity contribution in [3.05, 3.63) is 36.7 Å². The Bertz CT molecular complexity index is 900. The summed E-state index contributed by atoms with van der Waals surface area (Å²) >= 11 is 0. The monoisotopic (exact) mass is 279 g/mol. The number of aromatic nitrogens is 7. The number of phenols is 1. The maximum atomic E-state index is 10.1. The van der Waals surface area contributed by atoms with Crippen molar-refractivity contribution in [3.8, 4) is 28.4 Å². The molecule has 102 valence electrons. The van der Waals surface area contributed by atoms with E-state index in [1.807, 2.05) is 12.1 Å². The van der Waals surface area contributed by atoms with Gasteiger partial charge in [-0.1, -0.05) is 22.6 Å². The van der Waals surface area contributed by atoms with E-state index in [2.05, 4.69) is 35.8 Å². The fourth-order valence-electron chi connectivity index (χ4n) is 2.24. The van der Waals surface area contributed by atoms with Crippen LogP contribution >= 0.6 is 0 Å². The number of aromatic amines is 2. The molecule has 8 nitrogen and oxygen atoms in total. The van der Waals surface area contributed by atoms with Crippen molar-refractivity contribution in [3.63, 3.8) is 0 Å². The van der Waals surface area contributed by atoms with Crippen molar-refractivity contribution < 1.29 is 5.11 Å². The predicted octanol–water partition coefficient (Wildman–Crippen LogP) is 1.51. The normalized spacial score (nSPS) is 11.0. The molecular weight excluding hydrogens is 270 g/mol. The van der Waals surface area contributed by atoms with Gasteiger partial charge in [0.15, 0.2) is 0 Å². The van der Waals surface area contributed by atoms with Gasteiger partial charge < -0.3 is 5.11 Å². The summed E-state index contributed by atoms with van der Waals surface area (Å²) in [5, 5.41) is 31.4. The molecule has 0 bridgehead atoms. The summed E-state index contributed by atoms with van der Waals surface area (Å²) in [5.41, 5.74) is 3.36. The van der Waals surface area contributed by atoms with Gasteiger partial charge in [-0.05, 0) is 12.1 Å². The van der Waals surface area contributed by atoms with Crippen LogP contribution in [0.4, 0.5) is 0 Å². The maximum absolute atomic E-state index is 10.1. The fraction of sp³-hybridized carbons (Fsp3) is 0. The van der Waals surface area contributed by atoms with E-state index in [0.717, 1.165) is 16.6 Å². The molecule has 4 aromatic rings. The van der Waals surface area contributed by atoms with Gasteiger partial charge in [-0.25, -0.2) is 4.98 Å². The quantitative estimate of drug-likeness (QED) is 0.512. The van der Waals surface area contributed by atoms with E-state index in [0.29, 0.717) is 16.9 Å². The van der Waals surface area contributed by atoms with Gasteiger partial charge in [0.05, 0.1) is 23.8 Å². The Kier molecular flexibility index (Phi) is 2.40. The number of nitrogens with one attached hydrogen (secondary N) is 2. The number of rotatable bonds is 2. The minimum atomic E-state index is 0.107. The van der Waals surface area contributed by atoms with Crippen LogP contribution in [-0.2, 0) is 0 Å². The molecule has 21 heavy (non-hydrogen) atoms. The number of hydrogen-bond acceptors (Lipinski definition) is 6. The molecule has 0 aliphatic carbocycles. The van der Waals surface area contributed by atoms with Gasteiger partial charge in [0, 0.05) is 10.9 Å². The Morgan fingerprint density at radius 3 is 2.43 bits per heavy atom. The number of H-pyrrole nitrogens is 2. The lowest BCUT2D eigenvalue weighted by Crippen LogP contribution is -1.91. The van der Waals surface area contributed by atoms with Crippen molar-refractivity contribution >= 4 is 10.9 Å². The fourth-order valence-corrected chi connectivity index (χ4v) is 2.24. The molecule has 3 N–H and O–H groups in total.